The minimum atomic E-state index is 0.127. The SMILES string of the molecule is CCNc1nnc(SCC(=O)N2c3ccccc3C[C@@H]2C)s1. The van der Waals surface area contributed by atoms with Gasteiger partial charge in [-0.05, 0) is 31.9 Å². The standard InChI is InChI=1S/C15H18N4OS2/c1-3-16-14-17-18-15(22-14)21-9-13(20)19-10(2)8-11-6-4-5-7-12(11)19/h4-7,10H,3,8-9H2,1-2H3,(H,16,17)/t10-/m0/s1. The van der Waals surface area contributed by atoms with Gasteiger partial charge in [0, 0.05) is 18.3 Å². The maximum Gasteiger partial charge on any atom is 0.237 e. The number of rotatable bonds is 5. The third kappa shape index (κ3) is 3.10. The Morgan fingerprint density at radius 1 is 1.45 bits per heavy atom. The first-order valence-corrected chi connectivity index (χ1v) is 9.09. The van der Waals surface area contributed by atoms with Crippen molar-refractivity contribution in [1.82, 2.24) is 10.2 Å². The summed E-state index contributed by atoms with van der Waals surface area (Å²) in [5.41, 5.74) is 2.30. The van der Waals surface area contributed by atoms with Crippen LogP contribution in [0.25, 0.3) is 0 Å². The van der Waals surface area contributed by atoms with Crippen molar-refractivity contribution in [3.63, 3.8) is 0 Å². The van der Waals surface area contributed by atoms with Crippen LogP contribution in [0.2, 0.25) is 0 Å². The Kier molecular flexibility index (Phi) is 4.63. The molecule has 1 atom stereocenters. The van der Waals surface area contributed by atoms with E-state index in [9.17, 15) is 4.79 Å². The minimum absolute atomic E-state index is 0.127. The van der Waals surface area contributed by atoms with Gasteiger partial charge in [-0.15, -0.1) is 10.2 Å². The number of thioether (sulfide) groups is 1. The van der Waals surface area contributed by atoms with Crippen LogP contribution in [0, 0.1) is 0 Å². The molecule has 0 radical (unpaired) electrons. The quantitative estimate of drug-likeness (QED) is 0.852. The first-order chi connectivity index (χ1) is 10.7. The Balaban J connectivity index is 1.64. The van der Waals surface area contributed by atoms with E-state index in [0.717, 1.165) is 28.1 Å². The second-order valence-corrected chi connectivity index (χ2v) is 7.34. The van der Waals surface area contributed by atoms with Crippen molar-refractivity contribution in [2.45, 2.75) is 30.6 Å². The van der Waals surface area contributed by atoms with Gasteiger partial charge in [0.1, 0.15) is 0 Å². The lowest BCUT2D eigenvalue weighted by molar-refractivity contribution is -0.116. The molecule has 0 aliphatic carbocycles. The smallest absolute Gasteiger partial charge is 0.237 e. The Bertz CT molecular complexity index is 673. The van der Waals surface area contributed by atoms with Crippen LogP contribution in [0.5, 0.6) is 0 Å². The lowest BCUT2D eigenvalue weighted by atomic mass is 10.1. The summed E-state index contributed by atoms with van der Waals surface area (Å²) in [4.78, 5) is 14.5. The van der Waals surface area contributed by atoms with Crippen molar-refractivity contribution in [3.8, 4) is 0 Å². The number of hydrogen-bond acceptors (Lipinski definition) is 6. The fraction of sp³-hybridized carbons (Fsp3) is 0.400. The van der Waals surface area contributed by atoms with Gasteiger partial charge in [-0.3, -0.25) is 4.79 Å². The summed E-state index contributed by atoms with van der Waals surface area (Å²) in [6.07, 6.45) is 0.927. The molecule has 1 amide bonds. The maximum atomic E-state index is 12.6. The van der Waals surface area contributed by atoms with Crippen LogP contribution in [0.15, 0.2) is 28.6 Å². The highest BCUT2D eigenvalue weighted by Crippen LogP contribution is 2.33. The van der Waals surface area contributed by atoms with Gasteiger partial charge >= 0.3 is 0 Å². The molecule has 5 nitrogen and oxygen atoms in total. The number of amides is 1. The third-order valence-electron chi connectivity index (χ3n) is 3.53. The number of benzene rings is 1. The molecule has 0 unspecified atom stereocenters. The summed E-state index contributed by atoms with van der Waals surface area (Å²) in [7, 11) is 0. The van der Waals surface area contributed by atoms with Crippen LogP contribution in [-0.4, -0.2) is 34.4 Å². The predicted molar refractivity (Wildman–Crippen MR) is 91.9 cm³/mol. The first kappa shape index (κ1) is 15.3. The summed E-state index contributed by atoms with van der Waals surface area (Å²) in [6.45, 7) is 4.93. The lowest BCUT2D eigenvalue weighted by Crippen LogP contribution is -2.36. The lowest BCUT2D eigenvalue weighted by Gasteiger charge is -2.22. The number of aromatic nitrogens is 2. The maximum absolute atomic E-state index is 12.6. The van der Waals surface area contributed by atoms with Gasteiger partial charge in [0.15, 0.2) is 4.34 Å². The molecule has 0 spiro atoms. The molecule has 0 saturated carbocycles. The topological polar surface area (TPSA) is 58.1 Å². The molecular weight excluding hydrogens is 316 g/mol. The van der Waals surface area contributed by atoms with E-state index in [0.29, 0.717) is 5.75 Å². The highest BCUT2D eigenvalue weighted by atomic mass is 32.2. The van der Waals surface area contributed by atoms with E-state index in [1.54, 1.807) is 0 Å². The summed E-state index contributed by atoms with van der Waals surface area (Å²) in [5.74, 6) is 0.516. The van der Waals surface area contributed by atoms with Gasteiger partial charge in [-0.1, -0.05) is 41.3 Å². The van der Waals surface area contributed by atoms with Crippen LogP contribution in [0.4, 0.5) is 10.8 Å². The summed E-state index contributed by atoms with van der Waals surface area (Å²) in [5, 5.41) is 12.1. The van der Waals surface area contributed by atoms with E-state index < -0.39 is 0 Å². The molecule has 116 valence electrons. The zero-order chi connectivity index (χ0) is 15.5. The van der Waals surface area contributed by atoms with E-state index in [1.807, 2.05) is 30.0 Å². The van der Waals surface area contributed by atoms with Gasteiger partial charge < -0.3 is 10.2 Å². The van der Waals surface area contributed by atoms with Crippen LogP contribution in [0.3, 0.4) is 0 Å². The highest BCUT2D eigenvalue weighted by Gasteiger charge is 2.30. The monoisotopic (exact) mass is 334 g/mol. The fourth-order valence-electron chi connectivity index (χ4n) is 2.63. The van der Waals surface area contributed by atoms with Crippen molar-refractivity contribution in [1.29, 1.82) is 0 Å². The predicted octanol–water partition coefficient (Wildman–Crippen LogP) is 3.04. The minimum Gasteiger partial charge on any atom is -0.360 e. The fourth-order valence-corrected chi connectivity index (χ4v) is 4.31. The van der Waals surface area contributed by atoms with Crippen molar-refractivity contribution >= 4 is 39.8 Å². The zero-order valence-corrected chi connectivity index (χ0v) is 14.2. The average Bonchev–Trinajstić information content (AvgIpc) is 3.08. The van der Waals surface area contributed by atoms with Crippen LogP contribution >= 0.6 is 23.1 Å². The van der Waals surface area contributed by atoms with Crippen molar-refractivity contribution in [2.75, 3.05) is 22.5 Å². The van der Waals surface area contributed by atoms with E-state index in [4.69, 9.17) is 0 Å². The van der Waals surface area contributed by atoms with Crippen LogP contribution in [-0.2, 0) is 11.2 Å². The second kappa shape index (κ2) is 6.66. The van der Waals surface area contributed by atoms with Gasteiger partial charge in [-0.25, -0.2) is 0 Å². The van der Waals surface area contributed by atoms with Gasteiger partial charge in [0.25, 0.3) is 0 Å². The molecule has 7 heteroatoms. The molecule has 1 aliphatic heterocycles. The van der Waals surface area contributed by atoms with E-state index >= 15 is 0 Å². The highest BCUT2D eigenvalue weighted by molar-refractivity contribution is 8.01. The van der Waals surface area contributed by atoms with E-state index in [2.05, 4.69) is 28.5 Å². The van der Waals surface area contributed by atoms with Gasteiger partial charge in [-0.2, -0.15) is 0 Å². The molecule has 0 fully saturated rings. The number of fused-ring (bicyclic) bond motifs is 1. The molecule has 1 aliphatic rings. The largest absolute Gasteiger partial charge is 0.360 e. The molecule has 0 saturated heterocycles. The number of nitrogens with one attached hydrogen (secondary N) is 1. The molecule has 1 aromatic heterocycles. The molecule has 3 rings (SSSR count). The average molecular weight is 334 g/mol. The number of carbonyl (C=O) groups is 1. The molecule has 22 heavy (non-hydrogen) atoms. The third-order valence-corrected chi connectivity index (χ3v) is 5.53. The molecular formula is C15H18N4OS2. The first-order valence-electron chi connectivity index (χ1n) is 7.29. The Hall–Kier alpha value is -1.60. The van der Waals surface area contributed by atoms with Crippen LogP contribution in [0.1, 0.15) is 19.4 Å². The molecule has 1 N–H and O–H groups in total. The Labute approximate surface area is 138 Å². The van der Waals surface area contributed by atoms with E-state index in [1.165, 1.54) is 28.7 Å². The van der Waals surface area contributed by atoms with Gasteiger partial charge in [0.05, 0.1) is 5.75 Å². The zero-order valence-electron chi connectivity index (χ0n) is 12.6. The summed E-state index contributed by atoms with van der Waals surface area (Å²) < 4.78 is 0.824. The van der Waals surface area contributed by atoms with Crippen LogP contribution < -0.4 is 10.2 Å². The molecule has 2 heterocycles. The Morgan fingerprint density at radius 3 is 3.09 bits per heavy atom. The normalized spacial score (nSPS) is 16.6. The molecule has 0 bridgehead atoms. The van der Waals surface area contributed by atoms with E-state index in [-0.39, 0.29) is 11.9 Å². The Morgan fingerprint density at radius 2 is 2.27 bits per heavy atom. The van der Waals surface area contributed by atoms with Crippen molar-refractivity contribution in [3.05, 3.63) is 29.8 Å². The number of para-hydroxylation sites is 1. The van der Waals surface area contributed by atoms with Crippen molar-refractivity contribution in [2.24, 2.45) is 0 Å². The number of anilines is 2. The van der Waals surface area contributed by atoms with Crippen molar-refractivity contribution < 1.29 is 4.79 Å². The van der Waals surface area contributed by atoms with Gasteiger partial charge in [0.2, 0.25) is 11.0 Å². The summed E-state index contributed by atoms with van der Waals surface area (Å²) in [6, 6.07) is 8.35. The number of hydrogen-bond donors (Lipinski definition) is 1. The second-order valence-electron chi connectivity index (χ2n) is 5.14. The molecule has 2 aromatic rings. The summed E-state index contributed by atoms with van der Waals surface area (Å²) >= 11 is 2.94. The molecule has 1 aromatic carbocycles. The number of nitrogens with zero attached hydrogens (tertiary/aromatic N) is 3. The number of carbonyl (C=O) groups excluding carboxylic acids is 1.